The van der Waals surface area contributed by atoms with Gasteiger partial charge in [0.2, 0.25) is 0 Å². The molecule has 74 valence electrons. The molecule has 0 radical (unpaired) electrons. The first kappa shape index (κ1) is 10.6. The summed E-state index contributed by atoms with van der Waals surface area (Å²) in [5.74, 6) is 2.81. The summed E-state index contributed by atoms with van der Waals surface area (Å²) in [5, 5.41) is 12.2. The summed E-state index contributed by atoms with van der Waals surface area (Å²) in [7, 11) is 0. The van der Waals surface area contributed by atoms with E-state index in [1.165, 1.54) is 6.20 Å². The normalized spacial score (nSPS) is 10.9. The molecule has 1 aromatic rings. The van der Waals surface area contributed by atoms with Crippen LogP contribution in [0.5, 0.6) is 5.75 Å². The quantitative estimate of drug-likeness (QED) is 0.706. The number of aromatic nitrogens is 1. The Morgan fingerprint density at radius 2 is 2.29 bits per heavy atom. The van der Waals surface area contributed by atoms with E-state index in [2.05, 4.69) is 16.2 Å². The molecule has 1 heterocycles. The molecule has 0 aliphatic heterocycles. The van der Waals surface area contributed by atoms with Gasteiger partial charge in [-0.1, -0.05) is 5.92 Å². The molecule has 0 atom stereocenters. The molecular weight excluding hydrogens is 176 g/mol. The van der Waals surface area contributed by atoms with E-state index in [-0.39, 0.29) is 11.3 Å². The second kappa shape index (κ2) is 4.12. The lowest BCUT2D eigenvalue weighted by atomic mass is 10.1. The minimum atomic E-state index is -0.334. The highest BCUT2D eigenvalue weighted by atomic mass is 16.3. The monoisotopic (exact) mass is 190 g/mol. The molecule has 0 fully saturated rings. The number of rotatable bonds is 3. The minimum absolute atomic E-state index is 0.171. The van der Waals surface area contributed by atoms with Crippen LogP contribution in [0.3, 0.4) is 0 Å². The minimum Gasteiger partial charge on any atom is -0.506 e. The summed E-state index contributed by atoms with van der Waals surface area (Å²) in [5.41, 5.74) is 0.519. The molecule has 0 unspecified atom stereocenters. The van der Waals surface area contributed by atoms with Crippen LogP contribution in [0.1, 0.15) is 19.5 Å². The van der Waals surface area contributed by atoms with Crippen molar-refractivity contribution in [3.8, 4) is 18.1 Å². The van der Waals surface area contributed by atoms with Crippen molar-refractivity contribution in [3.05, 3.63) is 24.0 Å². The van der Waals surface area contributed by atoms with Gasteiger partial charge in [-0.25, -0.2) is 0 Å². The molecule has 1 aromatic heterocycles. The molecule has 3 heteroatoms. The molecule has 0 aliphatic rings. The van der Waals surface area contributed by atoms with Crippen LogP contribution in [0.25, 0.3) is 0 Å². The average Bonchev–Trinajstić information content (AvgIpc) is 2.17. The molecule has 0 bridgehead atoms. The SMILES string of the molecule is C#CC(C)(C)NCc1ccc(O)cn1. The van der Waals surface area contributed by atoms with E-state index >= 15 is 0 Å². The molecule has 0 saturated carbocycles. The van der Waals surface area contributed by atoms with Crippen LogP contribution in [0, 0.1) is 12.3 Å². The van der Waals surface area contributed by atoms with Crippen LogP contribution in [0.2, 0.25) is 0 Å². The molecule has 0 spiro atoms. The first-order valence-electron chi connectivity index (χ1n) is 4.40. The van der Waals surface area contributed by atoms with Crippen LogP contribution >= 0.6 is 0 Å². The second-order valence-electron chi connectivity index (χ2n) is 3.63. The lowest BCUT2D eigenvalue weighted by Crippen LogP contribution is -2.37. The number of aromatic hydroxyl groups is 1. The zero-order chi connectivity index (χ0) is 10.6. The predicted molar refractivity (Wildman–Crippen MR) is 55.7 cm³/mol. The molecule has 2 N–H and O–H groups in total. The van der Waals surface area contributed by atoms with E-state index in [1.807, 2.05) is 13.8 Å². The standard InChI is InChI=1S/C11H14N2O/c1-4-11(2,3)13-7-9-5-6-10(14)8-12-9/h1,5-6,8,13-14H,7H2,2-3H3. The molecule has 1 rings (SSSR count). The van der Waals surface area contributed by atoms with Crippen LogP contribution in [-0.2, 0) is 6.54 Å². The lowest BCUT2D eigenvalue weighted by molar-refractivity contribution is 0.468. The first-order valence-corrected chi connectivity index (χ1v) is 4.40. The Hall–Kier alpha value is -1.53. The van der Waals surface area contributed by atoms with E-state index in [4.69, 9.17) is 11.5 Å². The summed E-state index contributed by atoms with van der Waals surface area (Å²) in [6.07, 6.45) is 6.74. The van der Waals surface area contributed by atoms with Crippen LogP contribution in [0.15, 0.2) is 18.3 Å². The second-order valence-corrected chi connectivity index (χ2v) is 3.63. The maximum atomic E-state index is 9.02. The van der Waals surface area contributed by atoms with Gasteiger partial charge in [-0.3, -0.25) is 10.3 Å². The van der Waals surface area contributed by atoms with Gasteiger partial charge in [-0.05, 0) is 26.0 Å². The Morgan fingerprint density at radius 3 is 2.79 bits per heavy atom. The summed E-state index contributed by atoms with van der Waals surface area (Å²) in [6.45, 7) is 4.44. The summed E-state index contributed by atoms with van der Waals surface area (Å²) in [6, 6.07) is 3.36. The van der Waals surface area contributed by atoms with Gasteiger partial charge in [0.1, 0.15) is 5.75 Å². The number of nitrogens with zero attached hydrogens (tertiary/aromatic N) is 1. The Kier molecular flexibility index (Phi) is 3.10. The van der Waals surface area contributed by atoms with Gasteiger partial charge in [0.15, 0.2) is 0 Å². The number of hydrogen-bond acceptors (Lipinski definition) is 3. The molecule has 0 saturated heterocycles. The number of pyridine rings is 1. The van der Waals surface area contributed by atoms with Crippen LogP contribution in [-0.4, -0.2) is 15.6 Å². The molecule has 0 aliphatic carbocycles. The van der Waals surface area contributed by atoms with Gasteiger partial charge < -0.3 is 5.11 Å². The van der Waals surface area contributed by atoms with Gasteiger partial charge in [0, 0.05) is 6.54 Å². The molecule has 14 heavy (non-hydrogen) atoms. The highest BCUT2D eigenvalue weighted by Crippen LogP contribution is 2.07. The van der Waals surface area contributed by atoms with Gasteiger partial charge in [0.25, 0.3) is 0 Å². The van der Waals surface area contributed by atoms with E-state index in [1.54, 1.807) is 12.1 Å². The van der Waals surface area contributed by atoms with E-state index < -0.39 is 0 Å². The molecule has 0 aromatic carbocycles. The van der Waals surface area contributed by atoms with Crippen LogP contribution < -0.4 is 5.32 Å². The van der Waals surface area contributed by atoms with Crippen molar-refractivity contribution in [2.45, 2.75) is 25.9 Å². The van der Waals surface area contributed by atoms with Crippen LogP contribution in [0.4, 0.5) is 0 Å². The van der Waals surface area contributed by atoms with Crippen molar-refractivity contribution in [2.75, 3.05) is 0 Å². The maximum Gasteiger partial charge on any atom is 0.133 e. The smallest absolute Gasteiger partial charge is 0.133 e. The number of terminal acetylenes is 1. The fraction of sp³-hybridized carbons (Fsp3) is 0.364. The fourth-order valence-corrected chi connectivity index (χ4v) is 0.884. The Bertz CT molecular complexity index is 335. The molecule has 3 nitrogen and oxygen atoms in total. The van der Waals surface area contributed by atoms with Crippen molar-refractivity contribution < 1.29 is 5.11 Å². The zero-order valence-corrected chi connectivity index (χ0v) is 8.41. The zero-order valence-electron chi connectivity index (χ0n) is 8.41. The van der Waals surface area contributed by atoms with Crippen molar-refractivity contribution in [2.24, 2.45) is 0 Å². The highest BCUT2D eigenvalue weighted by molar-refractivity contribution is 5.18. The molecular formula is C11H14N2O. The highest BCUT2D eigenvalue weighted by Gasteiger charge is 2.12. The van der Waals surface area contributed by atoms with Crippen molar-refractivity contribution in [1.29, 1.82) is 0 Å². The Morgan fingerprint density at radius 1 is 1.57 bits per heavy atom. The Labute approximate surface area is 84.2 Å². The van der Waals surface area contributed by atoms with Crippen molar-refractivity contribution in [3.63, 3.8) is 0 Å². The van der Waals surface area contributed by atoms with Crippen molar-refractivity contribution >= 4 is 0 Å². The summed E-state index contributed by atoms with van der Waals surface area (Å²) in [4.78, 5) is 4.03. The lowest BCUT2D eigenvalue weighted by Gasteiger charge is -2.18. The van der Waals surface area contributed by atoms with Gasteiger partial charge >= 0.3 is 0 Å². The van der Waals surface area contributed by atoms with E-state index in [0.29, 0.717) is 6.54 Å². The first-order chi connectivity index (χ1) is 6.53. The van der Waals surface area contributed by atoms with Crippen molar-refractivity contribution in [1.82, 2.24) is 10.3 Å². The molecule has 0 amide bonds. The third-order valence-electron chi connectivity index (χ3n) is 1.88. The summed E-state index contributed by atoms with van der Waals surface area (Å²) < 4.78 is 0. The van der Waals surface area contributed by atoms with Gasteiger partial charge in [-0.15, -0.1) is 6.42 Å². The third kappa shape index (κ3) is 3.08. The van der Waals surface area contributed by atoms with E-state index in [9.17, 15) is 0 Å². The Balaban J connectivity index is 2.55. The average molecular weight is 190 g/mol. The largest absolute Gasteiger partial charge is 0.506 e. The maximum absolute atomic E-state index is 9.02. The predicted octanol–water partition coefficient (Wildman–Crippen LogP) is 1.29. The summed E-state index contributed by atoms with van der Waals surface area (Å²) >= 11 is 0. The number of hydrogen-bond donors (Lipinski definition) is 2. The topological polar surface area (TPSA) is 45.1 Å². The van der Waals surface area contributed by atoms with Gasteiger partial charge in [-0.2, -0.15) is 0 Å². The van der Waals surface area contributed by atoms with E-state index in [0.717, 1.165) is 5.69 Å². The third-order valence-corrected chi connectivity index (χ3v) is 1.88. The fourth-order valence-electron chi connectivity index (χ4n) is 0.884. The number of nitrogens with one attached hydrogen (secondary N) is 1. The van der Waals surface area contributed by atoms with Gasteiger partial charge in [0.05, 0.1) is 17.4 Å².